The van der Waals surface area contributed by atoms with Gasteiger partial charge in [0.1, 0.15) is 5.82 Å². The minimum absolute atomic E-state index is 0.0296. The highest BCUT2D eigenvalue weighted by atomic mass is 19.1. The molecule has 0 atom stereocenters. The fourth-order valence-electron chi connectivity index (χ4n) is 5.71. The normalized spacial score (nSPS) is 15.1. The second-order valence-corrected chi connectivity index (χ2v) is 9.90. The van der Waals surface area contributed by atoms with Crippen LogP contribution in [-0.2, 0) is 6.42 Å². The van der Waals surface area contributed by atoms with Crippen molar-refractivity contribution in [1.82, 2.24) is 0 Å². The molecule has 4 aromatic carbocycles. The molecular formula is C31H27FN4O. The van der Waals surface area contributed by atoms with Crippen molar-refractivity contribution < 1.29 is 9.18 Å². The van der Waals surface area contributed by atoms with Gasteiger partial charge in [-0.2, -0.15) is 5.26 Å². The van der Waals surface area contributed by atoms with Crippen molar-refractivity contribution in [3.63, 3.8) is 0 Å². The van der Waals surface area contributed by atoms with Gasteiger partial charge in [0, 0.05) is 48.5 Å². The number of benzene rings is 4. The molecule has 2 heterocycles. The first kappa shape index (κ1) is 23.1. The second-order valence-electron chi connectivity index (χ2n) is 9.90. The molecular weight excluding hydrogens is 463 g/mol. The average molecular weight is 491 g/mol. The summed E-state index contributed by atoms with van der Waals surface area (Å²) in [4.78, 5) is 16.6. The number of hydrogen-bond donors (Lipinski definition) is 1. The Hall–Kier alpha value is -4.37. The number of nitrogens with one attached hydrogen (secondary N) is 1. The number of carbonyl (C=O) groups is 1. The number of amides is 1. The number of halogens is 1. The topological polar surface area (TPSA) is 59.4 Å². The van der Waals surface area contributed by atoms with Gasteiger partial charge >= 0.3 is 0 Å². The molecule has 184 valence electrons. The Morgan fingerprint density at radius 2 is 1.84 bits per heavy atom. The predicted octanol–water partition coefficient (Wildman–Crippen LogP) is 6.11. The average Bonchev–Trinajstić information content (AvgIpc) is 3.27. The number of nitrogens with zero attached hydrogens (tertiary/aromatic N) is 3. The van der Waals surface area contributed by atoms with Crippen LogP contribution in [0.1, 0.15) is 39.9 Å². The van der Waals surface area contributed by atoms with E-state index in [9.17, 15) is 9.18 Å². The van der Waals surface area contributed by atoms with Gasteiger partial charge in [0.25, 0.3) is 5.91 Å². The fraction of sp³-hybridized carbons (Fsp3) is 0.226. The van der Waals surface area contributed by atoms with Crippen molar-refractivity contribution in [2.24, 2.45) is 0 Å². The molecule has 0 spiro atoms. The Morgan fingerprint density at radius 3 is 2.57 bits per heavy atom. The van der Waals surface area contributed by atoms with E-state index in [1.54, 1.807) is 12.1 Å². The van der Waals surface area contributed by atoms with E-state index in [2.05, 4.69) is 58.6 Å². The summed E-state index contributed by atoms with van der Waals surface area (Å²) in [5, 5.41) is 14.1. The van der Waals surface area contributed by atoms with E-state index < -0.39 is 0 Å². The number of carbonyl (C=O) groups excluding carboxylic acids is 1. The molecule has 1 amide bonds. The molecule has 1 N–H and O–H groups in total. The molecule has 0 bridgehead atoms. The lowest BCUT2D eigenvalue weighted by molar-refractivity contribution is 0.103. The standard InChI is InChI=1S/C31H27FN4O/c1-35(24-13-15-36(16-14-24)29-12-7-21(19-33)18-27(29)32)23-9-5-20(6-10-23)17-22-8-11-28-30-25(22)3-2-4-26(30)31(37)34-28/h2-12,18,24H,13-17H2,1H3,(H,34,37). The molecule has 1 fully saturated rings. The number of nitriles is 1. The van der Waals surface area contributed by atoms with Gasteiger partial charge in [-0.15, -0.1) is 0 Å². The zero-order chi connectivity index (χ0) is 25.5. The molecule has 4 aromatic rings. The Kier molecular flexibility index (Phi) is 5.77. The summed E-state index contributed by atoms with van der Waals surface area (Å²) < 4.78 is 14.5. The smallest absolute Gasteiger partial charge is 0.256 e. The lowest BCUT2D eigenvalue weighted by atomic mass is 9.96. The van der Waals surface area contributed by atoms with Gasteiger partial charge in [0.2, 0.25) is 0 Å². The first-order valence-corrected chi connectivity index (χ1v) is 12.6. The Morgan fingerprint density at radius 1 is 1.05 bits per heavy atom. The predicted molar refractivity (Wildman–Crippen MR) is 146 cm³/mol. The zero-order valence-electron chi connectivity index (χ0n) is 20.7. The van der Waals surface area contributed by atoms with Crippen molar-refractivity contribution in [3.05, 3.63) is 101 Å². The highest BCUT2D eigenvalue weighted by Gasteiger charge is 2.25. The van der Waals surface area contributed by atoms with Gasteiger partial charge in [-0.05, 0) is 78.2 Å². The van der Waals surface area contributed by atoms with Gasteiger partial charge in [0.15, 0.2) is 0 Å². The molecule has 2 aliphatic heterocycles. The van der Waals surface area contributed by atoms with E-state index in [0.717, 1.165) is 54.4 Å². The van der Waals surface area contributed by atoms with Crippen molar-refractivity contribution in [1.29, 1.82) is 5.26 Å². The van der Waals surface area contributed by atoms with Crippen LogP contribution in [0.2, 0.25) is 0 Å². The first-order valence-electron chi connectivity index (χ1n) is 12.6. The summed E-state index contributed by atoms with van der Waals surface area (Å²) in [5.74, 6) is -0.359. The molecule has 5 nitrogen and oxygen atoms in total. The van der Waals surface area contributed by atoms with E-state index in [4.69, 9.17) is 5.26 Å². The lowest BCUT2D eigenvalue weighted by Gasteiger charge is -2.39. The minimum Gasteiger partial charge on any atom is -0.371 e. The summed E-state index contributed by atoms with van der Waals surface area (Å²) in [5.41, 5.74) is 6.17. The quantitative estimate of drug-likeness (QED) is 0.367. The Balaban J connectivity index is 1.13. The van der Waals surface area contributed by atoms with Crippen LogP contribution >= 0.6 is 0 Å². The van der Waals surface area contributed by atoms with Crippen molar-refractivity contribution in [3.8, 4) is 6.07 Å². The Bertz CT molecular complexity index is 1550. The monoisotopic (exact) mass is 490 g/mol. The summed E-state index contributed by atoms with van der Waals surface area (Å²) in [6.07, 6.45) is 2.67. The maximum absolute atomic E-state index is 14.5. The van der Waals surface area contributed by atoms with Crippen LogP contribution in [0.3, 0.4) is 0 Å². The number of piperidine rings is 1. The van der Waals surface area contributed by atoms with Crippen molar-refractivity contribution in [2.45, 2.75) is 25.3 Å². The largest absolute Gasteiger partial charge is 0.371 e. The van der Waals surface area contributed by atoms with E-state index >= 15 is 0 Å². The van der Waals surface area contributed by atoms with Crippen LogP contribution in [0.5, 0.6) is 0 Å². The van der Waals surface area contributed by atoms with E-state index in [0.29, 0.717) is 17.3 Å². The molecule has 6 heteroatoms. The maximum Gasteiger partial charge on any atom is 0.256 e. The summed E-state index contributed by atoms with van der Waals surface area (Å²) in [7, 11) is 2.13. The van der Waals surface area contributed by atoms with Crippen LogP contribution < -0.4 is 15.1 Å². The van der Waals surface area contributed by atoms with Crippen LogP contribution in [-0.4, -0.2) is 32.1 Å². The molecule has 2 aliphatic rings. The van der Waals surface area contributed by atoms with Gasteiger partial charge < -0.3 is 15.1 Å². The summed E-state index contributed by atoms with van der Waals surface area (Å²) in [6, 6.07) is 25.8. The third-order valence-corrected chi connectivity index (χ3v) is 7.79. The summed E-state index contributed by atoms with van der Waals surface area (Å²) >= 11 is 0. The van der Waals surface area contributed by atoms with Crippen molar-refractivity contribution in [2.75, 3.05) is 35.3 Å². The van der Waals surface area contributed by atoms with Crippen LogP contribution in [0.25, 0.3) is 10.8 Å². The van der Waals surface area contributed by atoms with E-state index in [-0.39, 0.29) is 11.7 Å². The molecule has 1 saturated heterocycles. The molecule has 0 unspecified atom stereocenters. The SMILES string of the molecule is CN(c1ccc(Cc2ccc3c4c(cccc24)C(=O)N3)cc1)C1CCN(c2ccc(C#N)cc2F)CC1. The molecule has 0 saturated carbocycles. The number of anilines is 3. The molecule has 0 aromatic heterocycles. The van der Waals surface area contributed by atoms with E-state index in [1.807, 2.05) is 24.3 Å². The Labute approximate surface area is 215 Å². The zero-order valence-corrected chi connectivity index (χ0v) is 20.7. The number of rotatable bonds is 5. The van der Waals surface area contributed by atoms with Gasteiger partial charge in [-0.1, -0.05) is 30.3 Å². The van der Waals surface area contributed by atoms with E-state index in [1.165, 1.54) is 22.9 Å². The number of hydrogen-bond acceptors (Lipinski definition) is 4. The third kappa shape index (κ3) is 4.17. The molecule has 0 radical (unpaired) electrons. The lowest BCUT2D eigenvalue weighted by Crippen LogP contribution is -2.43. The molecule has 6 rings (SSSR count). The first-order chi connectivity index (χ1) is 18.0. The highest BCUT2D eigenvalue weighted by Crippen LogP contribution is 2.36. The second kappa shape index (κ2) is 9.25. The third-order valence-electron chi connectivity index (χ3n) is 7.79. The van der Waals surface area contributed by atoms with Crippen molar-refractivity contribution >= 4 is 33.7 Å². The highest BCUT2D eigenvalue weighted by molar-refractivity contribution is 6.24. The van der Waals surface area contributed by atoms with Crippen LogP contribution in [0.15, 0.2) is 72.8 Å². The molecule has 37 heavy (non-hydrogen) atoms. The fourth-order valence-corrected chi connectivity index (χ4v) is 5.71. The molecule has 0 aliphatic carbocycles. The maximum atomic E-state index is 14.5. The van der Waals surface area contributed by atoms with Gasteiger partial charge in [0.05, 0.1) is 17.3 Å². The summed E-state index contributed by atoms with van der Waals surface area (Å²) in [6.45, 7) is 1.55. The van der Waals surface area contributed by atoms with Crippen LogP contribution in [0, 0.1) is 17.1 Å². The van der Waals surface area contributed by atoms with Gasteiger partial charge in [-0.25, -0.2) is 4.39 Å². The van der Waals surface area contributed by atoms with Crippen LogP contribution in [0.4, 0.5) is 21.5 Å². The van der Waals surface area contributed by atoms with Gasteiger partial charge in [-0.3, -0.25) is 4.79 Å². The minimum atomic E-state index is -0.329.